The number of oxazole rings is 1. The van der Waals surface area contributed by atoms with Gasteiger partial charge in [-0.1, -0.05) is 28.1 Å². The Hall–Kier alpha value is -3.26. The van der Waals surface area contributed by atoms with Crippen molar-refractivity contribution in [3.8, 4) is 11.3 Å². The quantitative estimate of drug-likeness (QED) is 0.611. The van der Waals surface area contributed by atoms with E-state index in [9.17, 15) is 14.4 Å². The number of carbonyl (C=O) groups excluding carboxylic acids is 3. The molecular formula is C20H14BrN3O4. The number of benzene rings is 2. The lowest BCUT2D eigenvalue weighted by molar-refractivity contribution is -0.116. The molecule has 2 aromatic carbocycles. The first-order chi connectivity index (χ1) is 13.5. The van der Waals surface area contributed by atoms with Gasteiger partial charge >= 0.3 is 0 Å². The first-order valence-electron chi connectivity index (χ1n) is 8.47. The summed E-state index contributed by atoms with van der Waals surface area (Å²) < 4.78 is 5.97. The number of hydrogen-bond acceptors (Lipinski definition) is 5. The van der Waals surface area contributed by atoms with Crippen molar-refractivity contribution in [2.75, 3.05) is 11.9 Å². The number of carbonyl (C=O) groups is 3. The molecular weight excluding hydrogens is 426 g/mol. The summed E-state index contributed by atoms with van der Waals surface area (Å²) in [4.78, 5) is 42.1. The van der Waals surface area contributed by atoms with Gasteiger partial charge in [0.25, 0.3) is 11.8 Å². The van der Waals surface area contributed by atoms with Crippen molar-refractivity contribution >= 4 is 39.3 Å². The van der Waals surface area contributed by atoms with Gasteiger partial charge in [-0.15, -0.1) is 0 Å². The number of imide groups is 1. The van der Waals surface area contributed by atoms with Gasteiger partial charge in [-0.05, 0) is 30.3 Å². The molecule has 1 aliphatic rings. The number of aromatic nitrogens is 1. The Morgan fingerprint density at radius 3 is 2.71 bits per heavy atom. The summed E-state index contributed by atoms with van der Waals surface area (Å²) in [6.45, 7) is 0.0115. The molecule has 3 amide bonds. The van der Waals surface area contributed by atoms with Gasteiger partial charge in [-0.25, -0.2) is 4.98 Å². The van der Waals surface area contributed by atoms with E-state index in [4.69, 9.17) is 4.42 Å². The zero-order valence-corrected chi connectivity index (χ0v) is 16.1. The monoisotopic (exact) mass is 439 g/mol. The van der Waals surface area contributed by atoms with Crippen LogP contribution in [0, 0.1) is 0 Å². The SMILES string of the molecule is O=C(CCN1C(=O)c2ccc(Br)cc2C1=O)Nc1cccc(-c2cnco2)c1. The molecule has 0 fully saturated rings. The molecule has 0 saturated heterocycles. The second-order valence-electron chi connectivity index (χ2n) is 6.20. The van der Waals surface area contributed by atoms with Gasteiger partial charge in [0.1, 0.15) is 0 Å². The lowest BCUT2D eigenvalue weighted by Crippen LogP contribution is -2.32. The Morgan fingerprint density at radius 1 is 1.11 bits per heavy atom. The molecule has 0 unspecified atom stereocenters. The van der Waals surface area contributed by atoms with Crippen LogP contribution >= 0.6 is 15.9 Å². The van der Waals surface area contributed by atoms with Crippen LogP contribution in [-0.2, 0) is 4.79 Å². The van der Waals surface area contributed by atoms with Crippen molar-refractivity contribution in [1.82, 2.24) is 9.88 Å². The van der Waals surface area contributed by atoms with Gasteiger partial charge in [-0.2, -0.15) is 0 Å². The molecule has 8 heteroatoms. The summed E-state index contributed by atoms with van der Waals surface area (Å²) in [7, 11) is 0. The van der Waals surface area contributed by atoms with Crippen LogP contribution in [0.25, 0.3) is 11.3 Å². The fourth-order valence-electron chi connectivity index (χ4n) is 3.01. The normalized spacial score (nSPS) is 13.0. The lowest BCUT2D eigenvalue weighted by atomic mass is 10.1. The molecule has 0 radical (unpaired) electrons. The average molecular weight is 440 g/mol. The van der Waals surface area contributed by atoms with Gasteiger partial charge < -0.3 is 9.73 Å². The highest BCUT2D eigenvalue weighted by molar-refractivity contribution is 9.10. The van der Waals surface area contributed by atoms with Crippen LogP contribution in [0.4, 0.5) is 5.69 Å². The Kier molecular flexibility index (Phi) is 4.79. The lowest BCUT2D eigenvalue weighted by Gasteiger charge is -2.13. The maximum absolute atomic E-state index is 12.4. The molecule has 7 nitrogen and oxygen atoms in total. The summed E-state index contributed by atoms with van der Waals surface area (Å²) in [6, 6.07) is 12.1. The van der Waals surface area contributed by atoms with Crippen molar-refractivity contribution in [3.05, 3.63) is 70.7 Å². The summed E-state index contributed by atoms with van der Waals surface area (Å²) in [5.41, 5.74) is 2.07. The maximum Gasteiger partial charge on any atom is 0.261 e. The summed E-state index contributed by atoms with van der Waals surface area (Å²) >= 11 is 3.29. The molecule has 2 heterocycles. The van der Waals surface area contributed by atoms with E-state index < -0.39 is 0 Å². The predicted octanol–water partition coefficient (Wildman–Crippen LogP) is 3.73. The number of anilines is 1. The Labute approximate surface area is 168 Å². The number of amides is 3. The Bertz CT molecular complexity index is 1080. The summed E-state index contributed by atoms with van der Waals surface area (Å²) in [5, 5.41) is 2.77. The molecule has 28 heavy (non-hydrogen) atoms. The third kappa shape index (κ3) is 3.46. The number of halogens is 1. The molecule has 140 valence electrons. The predicted molar refractivity (Wildman–Crippen MR) is 105 cm³/mol. The zero-order valence-electron chi connectivity index (χ0n) is 14.5. The second-order valence-corrected chi connectivity index (χ2v) is 7.11. The number of nitrogens with zero attached hydrogens (tertiary/aromatic N) is 2. The van der Waals surface area contributed by atoms with E-state index in [1.165, 1.54) is 6.39 Å². The molecule has 1 aliphatic heterocycles. The number of rotatable bonds is 5. The van der Waals surface area contributed by atoms with E-state index in [1.807, 2.05) is 6.07 Å². The third-order valence-corrected chi connectivity index (χ3v) is 4.85. The van der Waals surface area contributed by atoms with Gasteiger partial charge in [-0.3, -0.25) is 19.3 Å². The minimum Gasteiger partial charge on any atom is -0.444 e. The van der Waals surface area contributed by atoms with E-state index in [2.05, 4.69) is 26.2 Å². The zero-order chi connectivity index (χ0) is 19.7. The van der Waals surface area contributed by atoms with E-state index >= 15 is 0 Å². The number of hydrogen-bond donors (Lipinski definition) is 1. The smallest absolute Gasteiger partial charge is 0.261 e. The van der Waals surface area contributed by atoms with Crippen molar-refractivity contribution in [2.24, 2.45) is 0 Å². The van der Waals surface area contributed by atoms with Gasteiger partial charge in [0.2, 0.25) is 5.91 Å². The number of fused-ring (bicyclic) bond motifs is 1. The van der Waals surface area contributed by atoms with Gasteiger partial charge in [0.05, 0.1) is 17.3 Å². The molecule has 0 atom stereocenters. The van der Waals surface area contributed by atoms with Crippen molar-refractivity contribution in [2.45, 2.75) is 6.42 Å². The van der Waals surface area contributed by atoms with Crippen LogP contribution < -0.4 is 5.32 Å². The largest absolute Gasteiger partial charge is 0.444 e. The molecule has 0 spiro atoms. The molecule has 1 N–H and O–H groups in total. The van der Waals surface area contributed by atoms with E-state index in [-0.39, 0.29) is 30.7 Å². The van der Waals surface area contributed by atoms with Crippen LogP contribution in [0.1, 0.15) is 27.1 Å². The minimum atomic E-state index is -0.388. The first kappa shape index (κ1) is 18.1. The molecule has 3 aromatic rings. The van der Waals surface area contributed by atoms with Crippen LogP contribution in [0.15, 0.2) is 63.9 Å². The van der Waals surface area contributed by atoms with Crippen LogP contribution in [0.5, 0.6) is 0 Å². The highest BCUT2D eigenvalue weighted by Gasteiger charge is 2.35. The van der Waals surface area contributed by atoms with Crippen LogP contribution in [0.3, 0.4) is 0 Å². The standard InChI is InChI=1S/C20H14BrN3O4/c21-13-4-5-15-16(9-13)20(27)24(19(15)26)7-6-18(25)23-14-3-1-2-12(8-14)17-10-22-11-28-17/h1-5,8-11H,6-7H2,(H,23,25). The van der Waals surface area contributed by atoms with E-state index in [0.717, 1.165) is 14.9 Å². The van der Waals surface area contributed by atoms with Gasteiger partial charge in [0.15, 0.2) is 12.2 Å². The minimum absolute atomic E-state index is 0.000820. The van der Waals surface area contributed by atoms with Crippen molar-refractivity contribution in [1.29, 1.82) is 0 Å². The Balaban J connectivity index is 1.40. The molecule has 0 saturated carbocycles. The van der Waals surface area contributed by atoms with E-state index in [0.29, 0.717) is 22.6 Å². The molecule has 4 rings (SSSR count). The Morgan fingerprint density at radius 2 is 1.93 bits per heavy atom. The summed E-state index contributed by atoms with van der Waals surface area (Å²) in [6.07, 6.45) is 2.92. The fourth-order valence-corrected chi connectivity index (χ4v) is 3.37. The highest BCUT2D eigenvalue weighted by Crippen LogP contribution is 2.26. The molecule has 0 bridgehead atoms. The topological polar surface area (TPSA) is 92.5 Å². The average Bonchev–Trinajstić information content (AvgIpc) is 3.29. The van der Waals surface area contributed by atoms with Crippen LogP contribution in [-0.4, -0.2) is 34.2 Å². The summed E-state index contributed by atoms with van der Waals surface area (Å²) in [5.74, 6) is -0.477. The van der Waals surface area contributed by atoms with Crippen molar-refractivity contribution < 1.29 is 18.8 Å². The highest BCUT2D eigenvalue weighted by atomic mass is 79.9. The third-order valence-electron chi connectivity index (χ3n) is 4.36. The molecule has 0 aliphatic carbocycles. The molecule has 1 aromatic heterocycles. The first-order valence-corrected chi connectivity index (χ1v) is 9.27. The maximum atomic E-state index is 12.4. The van der Waals surface area contributed by atoms with Crippen LogP contribution in [0.2, 0.25) is 0 Å². The fraction of sp³-hybridized carbons (Fsp3) is 0.100. The van der Waals surface area contributed by atoms with Gasteiger partial charge in [0, 0.05) is 28.7 Å². The van der Waals surface area contributed by atoms with Crippen molar-refractivity contribution in [3.63, 3.8) is 0 Å². The number of nitrogens with one attached hydrogen (secondary N) is 1. The van der Waals surface area contributed by atoms with E-state index in [1.54, 1.807) is 42.6 Å². The second kappa shape index (κ2) is 7.40.